The summed E-state index contributed by atoms with van der Waals surface area (Å²) in [5.41, 5.74) is 4.95. The monoisotopic (exact) mass is 289 g/mol. The van der Waals surface area contributed by atoms with Crippen LogP contribution >= 0.6 is 0 Å². The number of nitrogens with two attached hydrogens (primary N) is 1. The molecular weight excluding hydrogens is 276 g/mol. The van der Waals surface area contributed by atoms with E-state index in [9.17, 15) is 18.4 Å². The number of carbonyl (C=O) groups is 2. The van der Waals surface area contributed by atoms with E-state index in [1.54, 1.807) is 0 Å². The second-order valence-electron chi connectivity index (χ2n) is 3.60. The van der Waals surface area contributed by atoms with Crippen molar-refractivity contribution in [2.75, 3.05) is 13.7 Å². The van der Waals surface area contributed by atoms with Gasteiger partial charge in [0, 0.05) is 11.6 Å². The third-order valence-electron chi connectivity index (χ3n) is 2.16. The quantitative estimate of drug-likeness (QED) is 0.798. The molecule has 1 amide bonds. The van der Waals surface area contributed by atoms with Gasteiger partial charge >= 0.3 is 12.1 Å². The summed E-state index contributed by atoms with van der Waals surface area (Å²) in [5, 5.41) is 0. The molecule has 0 radical (unpaired) electrons. The molecule has 6 nitrogen and oxygen atoms in total. The van der Waals surface area contributed by atoms with Gasteiger partial charge in [0.1, 0.15) is 11.5 Å². The second-order valence-corrected chi connectivity index (χ2v) is 3.60. The van der Waals surface area contributed by atoms with Crippen LogP contribution in [0.4, 0.5) is 8.78 Å². The topological polar surface area (TPSA) is 87.8 Å². The molecule has 0 bridgehead atoms. The minimum absolute atomic E-state index is 0.0796. The molecule has 0 saturated carbocycles. The highest BCUT2D eigenvalue weighted by Crippen LogP contribution is 2.28. The van der Waals surface area contributed by atoms with Crippen LogP contribution in [0.3, 0.4) is 0 Å². The Labute approximate surface area is 113 Å². The lowest BCUT2D eigenvalue weighted by atomic mass is 10.2. The van der Waals surface area contributed by atoms with Gasteiger partial charge in [-0.2, -0.15) is 8.78 Å². The zero-order chi connectivity index (χ0) is 15.3. The molecule has 0 fully saturated rings. The van der Waals surface area contributed by atoms with Crippen molar-refractivity contribution in [2.24, 2.45) is 5.73 Å². The molecular formula is C12H13F2NO5. The second kappa shape index (κ2) is 6.18. The van der Waals surface area contributed by atoms with Gasteiger partial charge in [-0.1, -0.05) is 0 Å². The summed E-state index contributed by atoms with van der Waals surface area (Å²) in [6, 6.07) is 3.30. The maximum atomic E-state index is 13.4. The van der Waals surface area contributed by atoms with Crippen LogP contribution in [-0.4, -0.2) is 31.7 Å². The van der Waals surface area contributed by atoms with E-state index in [2.05, 4.69) is 9.47 Å². The number of hydrogen-bond acceptors (Lipinski definition) is 5. The third-order valence-corrected chi connectivity index (χ3v) is 2.16. The molecule has 8 heteroatoms. The van der Waals surface area contributed by atoms with E-state index in [0.717, 1.165) is 12.1 Å². The first-order valence-corrected chi connectivity index (χ1v) is 5.53. The van der Waals surface area contributed by atoms with Crippen LogP contribution < -0.4 is 15.2 Å². The molecule has 0 aliphatic carbocycles. The van der Waals surface area contributed by atoms with Crippen LogP contribution in [0.5, 0.6) is 11.5 Å². The highest BCUT2D eigenvalue weighted by atomic mass is 19.3. The Kier molecular flexibility index (Phi) is 4.84. The first-order chi connectivity index (χ1) is 9.30. The smallest absolute Gasteiger partial charge is 0.497 e. The summed E-state index contributed by atoms with van der Waals surface area (Å²) >= 11 is 0. The van der Waals surface area contributed by atoms with Crippen LogP contribution in [0.2, 0.25) is 0 Å². The van der Waals surface area contributed by atoms with E-state index in [4.69, 9.17) is 10.5 Å². The highest BCUT2D eigenvalue weighted by Gasteiger charge is 2.44. The van der Waals surface area contributed by atoms with Gasteiger partial charge in [0.2, 0.25) is 5.91 Å². The average Bonchev–Trinajstić information content (AvgIpc) is 2.37. The van der Waals surface area contributed by atoms with Gasteiger partial charge in [-0.05, 0) is 19.1 Å². The van der Waals surface area contributed by atoms with Crippen LogP contribution in [-0.2, 0) is 9.53 Å². The Morgan fingerprint density at radius 2 is 1.85 bits per heavy atom. The highest BCUT2D eigenvalue weighted by molar-refractivity contribution is 5.93. The van der Waals surface area contributed by atoms with Gasteiger partial charge in [-0.15, -0.1) is 0 Å². The first kappa shape index (κ1) is 15.7. The number of rotatable bonds is 6. The van der Waals surface area contributed by atoms with Crippen LogP contribution in [0.15, 0.2) is 18.2 Å². The van der Waals surface area contributed by atoms with Crippen LogP contribution in [0.25, 0.3) is 0 Å². The standard InChI is InChI=1S/C12H13F2NO5/c1-3-19-11(17)12(13,14)20-9-5-7(10(15)16)4-8(6-9)18-2/h4-6H,3H2,1-2H3,(H2,15,16). The number of carbonyl (C=O) groups excluding carboxylic acids is 2. The molecule has 1 rings (SSSR count). The Morgan fingerprint density at radius 1 is 1.25 bits per heavy atom. The Morgan fingerprint density at radius 3 is 2.35 bits per heavy atom. The van der Waals surface area contributed by atoms with E-state index in [1.807, 2.05) is 0 Å². The van der Waals surface area contributed by atoms with E-state index in [0.29, 0.717) is 0 Å². The minimum Gasteiger partial charge on any atom is -0.497 e. The van der Waals surface area contributed by atoms with Crippen molar-refractivity contribution in [1.82, 2.24) is 0 Å². The third kappa shape index (κ3) is 3.81. The van der Waals surface area contributed by atoms with Crippen molar-refractivity contribution in [1.29, 1.82) is 0 Å². The van der Waals surface area contributed by atoms with E-state index >= 15 is 0 Å². The average molecular weight is 289 g/mol. The molecule has 0 unspecified atom stereocenters. The van der Waals surface area contributed by atoms with Gasteiger partial charge in [-0.3, -0.25) is 4.79 Å². The van der Waals surface area contributed by atoms with E-state index in [-0.39, 0.29) is 17.9 Å². The molecule has 0 atom stereocenters. The van der Waals surface area contributed by atoms with Gasteiger partial charge in [0.15, 0.2) is 0 Å². The van der Waals surface area contributed by atoms with Crippen molar-refractivity contribution in [3.05, 3.63) is 23.8 Å². The van der Waals surface area contributed by atoms with Crippen molar-refractivity contribution in [3.8, 4) is 11.5 Å². The lowest BCUT2D eigenvalue weighted by molar-refractivity contribution is -0.216. The number of esters is 1. The van der Waals surface area contributed by atoms with E-state index < -0.39 is 23.7 Å². The van der Waals surface area contributed by atoms with Crippen molar-refractivity contribution < 1.29 is 32.6 Å². The lowest BCUT2D eigenvalue weighted by Gasteiger charge is -2.16. The predicted molar refractivity (Wildman–Crippen MR) is 63.7 cm³/mol. The molecule has 1 aromatic carbocycles. The maximum absolute atomic E-state index is 13.4. The van der Waals surface area contributed by atoms with Crippen molar-refractivity contribution in [3.63, 3.8) is 0 Å². The SMILES string of the molecule is CCOC(=O)C(F)(F)Oc1cc(OC)cc(C(N)=O)c1. The predicted octanol–water partition coefficient (Wildman–Crippen LogP) is 1.33. The molecule has 0 spiro atoms. The molecule has 0 aliphatic rings. The van der Waals surface area contributed by atoms with E-state index in [1.165, 1.54) is 20.1 Å². The molecule has 0 aromatic heterocycles. The molecule has 110 valence electrons. The Hall–Kier alpha value is -2.38. The summed E-state index contributed by atoms with van der Waals surface area (Å²) in [4.78, 5) is 22.1. The molecule has 20 heavy (non-hydrogen) atoms. The number of benzene rings is 1. The molecule has 0 saturated heterocycles. The first-order valence-electron chi connectivity index (χ1n) is 5.53. The number of halogens is 2. The largest absolute Gasteiger partial charge is 0.502 e. The molecule has 2 N–H and O–H groups in total. The zero-order valence-corrected chi connectivity index (χ0v) is 10.8. The summed E-state index contributed by atoms with van der Waals surface area (Å²) in [7, 11) is 1.27. The number of ether oxygens (including phenoxy) is 3. The normalized spacial score (nSPS) is 10.8. The Bertz CT molecular complexity index is 519. The van der Waals surface area contributed by atoms with Crippen molar-refractivity contribution in [2.45, 2.75) is 13.0 Å². The fourth-order valence-electron chi connectivity index (χ4n) is 1.30. The maximum Gasteiger partial charge on any atom is 0.502 e. The summed E-state index contributed by atoms with van der Waals surface area (Å²) in [6.45, 7) is 1.16. The van der Waals surface area contributed by atoms with Gasteiger partial charge in [0.25, 0.3) is 0 Å². The summed E-state index contributed by atoms with van der Waals surface area (Å²) in [6.07, 6.45) is -4.18. The zero-order valence-electron chi connectivity index (χ0n) is 10.8. The fraction of sp³-hybridized carbons (Fsp3) is 0.333. The van der Waals surface area contributed by atoms with Crippen molar-refractivity contribution >= 4 is 11.9 Å². The van der Waals surface area contributed by atoms with Gasteiger partial charge in [0.05, 0.1) is 13.7 Å². The van der Waals surface area contributed by atoms with Crippen LogP contribution in [0, 0.1) is 0 Å². The number of amides is 1. The summed E-state index contributed by atoms with van der Waals surface area (Å²) in [5.74, 6) is -3.05. The Balaban J connectivity index is 3.04. The fourth-order valence-corrected chi connectivity index (χ4v) is 1.30. The lowest BCUT2D eigenvalue weighted by Crippen LogP contribution is -2.37. The van der Waals surface area contributed by atoms with Gasteiger partial charge in [-0.25, -0.2) is 4.79 Å². The molecule has 0 heterocycles. The minimum atomic E-state index is -4.18. The number of hydrogen-bond donors (Lipinski definition) is 1. The number of methoxy groups -OCH3 is 1. The molecule has 1 aromatic rings. The number of primary amides is 1. The van der Waals surface area contributed by atoms with Crippen LogP contribution in [0.1, 0.15) is 17.3 Å². The summed E-state index contributed by atoms with van der Waals surface area (Å²) < 4.78 is 40.1. The molecule has 0 aliphatic heterocycles. The van der Waals surface area contributed by atoms with Gasteiger partial charge < -0.3 is 19.9 Å². The number of alkyl halides is 2.